The standard InChI is InChI=1S/C25H49N7/c1-17(2)11-24(9)15-19(13-22(5,6)31-24)27-29-21(26)30-28-20-14-23(7,8)32-25(10,16-20)12-18(3)4/h17-18,31-32H,11-16H2,1-10H3,(H3,26,29,30). The number of nitrogens with two attached hydrogens (primary N) is 1. The quantitative estimate of drug-likeness (QED) is 0.273. The van der Waals surface area contributed by atoms with Crippen molar-refractivity contribution in [3.05, 3.63) is 0 Å². The molecule has 32 heavy (non-hydrogen) atoms. The van der Waals surface area contributed by atoms with Crippen LogP contribution in [0, 0.1) is 11.8 Å². The summed E-state index contributed by atoms with van der Waals surface area (Å²) in [4.78, 5) is 0. The molecule has 2 rings (SSSR count). The number of hydrazone groups is 1. The summed E-state index contributed by atoms with van der Waals surface area (Å²) >= 11 is 0. The first-order valence-electron chi connectivity index (χ1n) is 12.3. The van der Waals surface area contributed by atoms with Gasteiger partial charge in [-0.2, -0.15) is 10.2 Å². The molecule has 5 N–H and O–H groups in total. The van der Waals surface area contributed by atoms with E-state index in [0.717, 1.165) is 49.9 Å². The summed E-state index contributed by atoms with van der Waals surface area (Å²) in [6.45, 7) is 22.6. The molecule has 2 saturated heterocycles. The van der Waals surface area contributed by atoms with E-state index in [9.17, 15) is 0 Å². The van der Waals surface area contributed by atoms with Gasteiger partial charge in [-0.25, -0.2) is 5.43 Å². The van der Waals surface area contributed by atoms with E-state index in [1.54, 1.807) is 0 Å². The molecule has 0 spiro atoms. The van der Waals surface area contributed by atoms with E-state index in [4.69, 9.17) is 5.73 Å². The van der Waals surface area contributed by atoms with Crippen molar-refractivity contribution in [1.29, 1.82) is 0 Å². The monoisotopic (exact) mass is 447 g/mol. The summed E-state index contributed by atoms with van der Waals surface area (Å²) in [5.41, 5.74) is 11.3. The van der Waals surface area contributed by atoms with Crippen LogP contribution in [0.15, 0.2) is 15.3 Å². The highest BCUT2D eigenvalue weighted by atomic mass is 15.4. The Balaban J connectivity index is 2.10. The van der Waals surface area contributed by atoms with Crippen LogP contribution in [0.3, 0.4) is 0 Å². The molecule has 2 unspecified atom stereocenters. The van der Waals surface area contributed by atoms with Crippen molar-refractivity contribution in [1.82, 2.24) is 16.1 Å². The van der Waals surface area contributed by atoms with Crippen molar-refractivity contribution < 1.29 is 0 Å². The van der Waals surface area contributed by atoms with Crippen LogP contribution in [-0.4, -0.2) is 39.5 Å². The maximum absolute atomic E-state index is 6.13. The Kier molecular flexibility index (Phi) is 8.20. The maximum atomic E-state index is 6.13. The van der Waals surface area contributed by atoms with Gasteiger partial charge < -0.3 is 16.4 Å². The number of hydrogen-bond donors (Lipinski definition) is 4. The van der Waals surface area contributed by atoms with Gasteiger partial charge in [-0.1, -0.05) is 27.7 Å². The molecule has 7 heteroatoms. The molecule has 0 radical (unpaired) electrons. The topological polar surface area (TPSA) is 99.2 Å². The Morgan fingerprint density at radius 3 is 1.72 bits per heavy atom. The molecule has 0 aromatic carbocycles. The van der Waals surface area contributed by atoms with Crippen LogP contribution < -0.4 is 21.8 Å². The molecule has 184 valence electrons. The van der Waals surface area contributed by atoms with Gasteiger partial charge in [0.25, 0.3) is 0 Å². The van der Waals surface area contributed by atoms with Crippen LogP contribution in [0.5, 0.6) is 0 Å². The van der Waals surface area contributed by atoms with E-state index in [-0.39, 0.29) is 28.1 Å². The van der Waals surface area contributed by atoms with Crippen molar-refractivity contribution in [3.8, 4) is 0 Å². The van der Waals surface area contributed by atoms with Crippen LogP contribution in [0.1, 0.15) is 108 Å². The molecule has 7 nitrogen and oxygen atoms in total. The first-order chi connectivity index (χ1) is 14.5. The van der Waals surface area contributed by atoms with Gasteiger partial charge in [0.1, 0.15) is 0 Å². The molecule has 0 saturated carbocycles. The third kappa shape index (κ3) is 8.47. The van der Waals surface area contributed by atoms with Crippen LogP contribution in [0.4, 0.5) is 0 Å². The summed E-state index contributed by atoms with van der Waals surface area (Å²) in [5.74, 6) is 1.48. The first kappa shape index (κ1) is 26.8. The van der Waals surface area contributed by atoms with Crippen LogP contribution in [0.25, 0.3) is 0 Å². The van der Waals surface area contributed by atoms with Crippen molar-refractivity contribution in [2.45, 2.75) is 130 Å². The van der Waals surface area contributed by atoms with E-state index < -0.39 is 0 Å². The molecular formula is C25H49N7. The van der Waals surface area contributed by atoms with Gasteiger partial charge in [0.2, 0.25) is 5.96 Å². The minimum atomic E-state index is -0.0137. The van der Waals surface area contributed by atoms with Crippen LogP contribution >= 0.6 is 0 Å². The number of nitrogens with zero attached hydrogens (tertiary/aromatic N) is 3. The van der Waals surface area contributed by atoms with Crippen molar-refractivity contribution in [2.24, 2.45) is 32.9 Å². The summed E-state index contributed by atoms with van der Waals surface area (Å²) in [5, 5.41) is 21.1. The third-order valence-electron chi connectivity index (χ3n) is 6.11. The second-order valence-electron chi connectivity index (χ2n) is 13.0. The van der Waals surface area contributed by atoms with Crippen molar-refractivity contribution >= 4 is 17.4 Å². The van der Waals surface area contributed by atoms with E-state index in [2.05, 4.69) is 101 Å². The van der Waals surface area contributed by atoms with Gasteiger partial charge >= 0.3 is 0 Å². The predicted molar refractivity (Wildman–Crippen MR) is 138 cm³/mol. The zero-order valence-electron chi connectivity index (χ0n) is 22.3. The van der Waals surface area contributed by atoms with Crippen molar-refractivity contribution in [3.63, 3.8) is 0 Å². The molecule has 2 heterocycles. The minimum Gasteiger partial charge on any atom is -0.367 e. The molecular weight excluding hydrogens is 398 g/mol. The highest BCUT2D eigenvalue weighted by Gasteiger charge is 2.40. The third-order valence-corrected chi connectivity index (χ3v) is 6.11. The van der Waals surface area contributed by atoms with Crippen molar-refractivity contribution in [2.75, 3.05) is 0 Å². The van der Waals surface area contributed by atoms with Gasteiger partial charge in [-0.05, 0) is 66.2 Å². The highest BCUT2D eigenvalue weighted by Crippen LogP contribution is 2.32. The van der Waals surface area contributed by atoms with E-state index in [1.807, 2.05) is 0 Å². The predicted octanol–water partition coefficient (Wildman–Crippen LogP) is 4.54. The Labute approximate surface area is 196 Å². The zero-order valence-corrected chi connectivity index (χ0v) is 22.3. The fourth-order valence-electron chi connectivity index (χ4n) is 6.34. The first-order valence-corrected chi connectivity index (χ1v) is 12.3. The molecule has 2 aliphatic rings. The van der Waals surface area contributed by atoms with E-state index >= 15 is 0 Å². The Morgan fingerprint density at radius 2 is 1.25 bits per heavy atom. The second-order valence-corrected chi connectivity index (χ2v) is 13.0. The molecule has 0 aliphatic carbocycles. The SMILES string of the molecule is CC(C)CC1(C)CC(=NN=C(N)NN=C2CC(C)(C)NC(C)(CC(C)C)C2)CC(C)(C)N1. The lowest BCUT2D eigenvalue weighted by atomic mass is 9.76. The highest BCUT2D eigenvalue weighted by molar-refractivity contribution is 5.90. The van der Waals surface area contributed by atoms with Gasteiger partial charge in [0.15, 0.2) is 0 Å². The minimum absolute atomic E-state index is 0.00388. The lowest BCUT2D eigenvalue weighted by molar-refractivity contribution is 0.202. The number of piperidine rings is 2. The Morgan fingerprint density at radius 1 is 0.812 bits per heavy atom. The van der Waals surface area contributed by atoms with Crippen LogP contribution in [-0.2, 0) is 0 Å². The Hall–Kier alpha value is -1.47. The summed E-state index contributed by atoms with van der Waals surface area (Å²) in [6.07, 6.45) is 5.72. The molecule has 2 atom stereocenters. The van der Waals surface area contributed by atoms with Crippen LogP contribution in [0.2, 0.25) is 0 Å². The summed E-state index contributed by atoms with van der Waals surface area (Å²) in [7, 11) is 0. The Bertz CT molecular complexity index is 747. The fraction of sp³-hybridized carbons (Fsp3) is 0.880. The van der Waals surface area contributed by atoms with Gasteiger partial charge in [-0.3, -0.25) is 0 Å². The normalized spacial score (nSPS) is 33.3. The molecule has 0 aromatic heterocycles. The molecule has 2 aliphatic heterocycles. The lowest BCUT2D eigenvalue weighted by Gasteiger charge is -2.46. The number of nitrogens with one attached hydrogen (secondary N) is 3. The average Bonchev–Trinajstić information content (AvgIpc) is 2.52. The fourth-order valence-corrected chi connectivity index (χ4v) is 6.34. The zero-order chi connectivity index (χ0) is 24.4. The van der Waals surface area contributed by atoms with E-state index in [1.165, 1.54) is 0 Å². The second kappa shape index (κ2) is 9.80. The largest absolute Gasteiger partial charge is 0.367 e. The number of hydrogen-bond acceptors (Lipinski definition) is 5. The molecule has 0 aromatic rings. The number of guanidine groups is 1. The smallest absolute Gasteiger partial charge is 0.234 e. The summed E-state index contributed by atoms with van der Waals surface area (Å²) in [6, 6.07) is 0. The maximum Gasteiger partial charge on any atom is 0.234 e. The van der Waals surface area contributed by atoms with Gasteiger partial charge in [-0.15, -0.1) is 5.10 Å². The summed E-state index contributed by atoms with van der Waals surface area (Å²) < 4.78 is 0. The molecule has 0 bridgehead atoms. The molecule has 0 amide bonds. The van der Waals surface area contributed by atoms with E-state index in [0.29, 0.717) is 11.8 Å². The molecule has 2 fully saturated rings. The average molecular weight is 448 g/mol. The lowest BCUT2D eigenvalue weighted by Crippen LogP contribution is -2.60. The van der Waals surface area contributed by atoms with Gasteiger partial charge in [0, 0.05) is 59.3 Å². The number of rotatable bonds is 6. The van der Waals surface area contributed by atoms with Gasteiger partial charge in [0.05, 0.1) is 0 Å².